The van der Waals surface area contributed by atoms with E-state index in [2.05, 4.69) is 58.2 Å². The molecule has 1 N–H and O–H groups in total. The van der Waals surface area contributed by atoms with Crippen molar-refractivity contribution in [2.45, 2.75) is 109 Å². The summed E-state index contributed by atoms with van der Waals surface area (Å²) < 4.78 is 6.88. The third-order valence-corrected chi connectivity index (χ3v) is 12.1. The van der Waals surface area contributed by atoms with Crippen molar-refractivity contribution in [3.05, 3.63) is 24.3 Å². The SMILES string of the molecule is CC(C)(C)[Si](C)(C)O[C@H](/C=C/C=C/[C@@H]1CCCC[C@@H]1CCO)C1CCCCC1. The average Bonchev–Trinajstić information content (AvgIpc) is 2.65. The van der Waals surface area contributed by atoms with E-state index in [9.17, 15) is 5.11 Å². The van der Waals surface area contributed by atoms with Crippen molar-refractivity contribution in [2.24, 2.45) is 17.8 Å². The van der Waals surface area contributed by atoms with E-state index >= 15 is 0 Å². The minimum atomic E-state index is -1.77. The van der Waals surface area contributed by atoms with Crippen LogP contribution in [-0.4, -0.2) is 26.1 Å². The molecule has 28 heavy (non-hydrogen) atoms. The first-order valence-electron chi connectivity index (χ1n) is 11.9. The summed E-state index contributed by atoms with van der Waals surface area (Å²) in [6.45, 7) is 12.1. The summed E-state index contributed by atoms with van der Waals surface area (Å²) >= 11 is 0. The van der Waals surface area contributed by atoms with E-state index in [-0.39, 0.29) is 11.1 Å². The molecule has 2 fully saturated rings. The zero-order valence-electron chi connectivity index (χ0n) is 19.3. The first-order valence-corrected chi connectivity index (χ1v) is 14.8. The Labute approximate surface area is 176 Å². The fourth-order valence-corrected chi connectivity index (χ4v) is 5.97. The van der Waals surface area contributed by atoms with Crippen molar-refractivity contribution in [2.75, 3.05) is 6.61 Å². The monoisotopic (exact) mass is 406 g/mol. The first-order chi connectivity index (χ1) is 13.2. The molecule has 2 nitrogen and oxygen atoms in total. The lowest BCUT2D eigenvalue weighted by Gasteiger charge is -2.41. The number of hydrogen-bond acceptors (Lipinski definition) is 2. The Morgan fingerprint density at radius 2 is 1.61 bits per heavy atom. The predicted molar refractivity (Wildman–Crippen MR) is 124 cm³/mol. The topological polar surface area (TPSA) is 29.5 Å². The summed E-state index contributed by atoms with van der Waals surface area (Å²) in [5, 5.41) is 9.60. The normalized spacial score (nSPS) is 26.9. The Kier molecular flexibility index (Phi) is 9.50. The van der Waals surface area contributed by atoms with Crippen molar-refractivity contribution in [3.63, 3.8) is 0 Å². The molecule has 2 aliphatic carbocycles. The van der Waals surface area contributed by atoms with E-state index in [1.54, 1.807) is 0 Å². The lowest BCUT2D eigenvalue weighted by atomic mass is 9.77. The van der Waals surface area contributed by atoms with Gasteiger partial charge in [0.2, 0.25) is 0 Å². The number of aliphatic hydroxyl groups excluding tert-OH is 1. The molecule has 0 heterocycles. The van der Waals surface area contributed by atoms with Gasteiger partial charge in [0.15, 0.2) is 8.32 Å². The van der Waals surface area contributed by atoms with Gasteiger partial charge in [-0.15, -0.1) is 0 Å². The Balaban J connectivity index is 2.04. The minimum absolute atomic E-state index is 0.253. The molecule has 0 aromatic rings. The summed E-state index contributed by atoms with van der Waals surface area (Å²) in [6, 6.07) is 0. The summed E-state index contributed by atoms with van der Waals surface area (Å²) in [5.74, 6) is 1.99. The minimum Gasteiger partial charge on any atom is -0.410 e. The lowest BCUT2D eigenvalue weighted by molar-refractivity contribution is 0.132. The predicted octanol–water partition coefficient (Wildman–Crippen LogP) is 7.26. The summed E-state index contributed by atoms with van der Waals surface area (Å²) in [5.41, 5.74) is 0. The van der Waals surface area contributed by atoms with Crippen molar-refractivity contribution in [3.8, 4) is 0 Å². The molecule has 162 valence electrons. The van der Waals surface area contributed by atoms with Gasteiger partial charge in [0, 0.05) is 6.61 Å². The second-order valence-corrected chi connectivity index (χ2v) is 15.5. The van der Waals surface area contributed by atoms with E-state index in [1.165, 1.54) is 57.8 Å². The van der Waals surface area contributed by atoms with Crippen LogP contribution in [0.1, 0.15) is 85.0 Å². The molecule has 0 saturated heterocycles. The second-order valence-electron chi connectivity index (χ2n) is 10.7. The summed E-state index contributed by atoms with van der Waals surface area (Å²) in [7, 11) is -1.77. The van der Waals surface area contributed by atoms with Crippen LogP contribution in [-0.2, 0) is 4.43 Å². The van der Waals surface area contributed by atoms with Crippen LogP contribution in [0.3, 0.4) is 0 Å². The van der Waals surface area contributed by atoms with Crippen molar-refractivity contribution >= 4 is 8.32 Å². The van der Waals surface area contributed by atoms with Gasteiger partial charge in [-0.05, 0) is 68.0 Å². The van der Waals surface area contributed by atoms with Gasteiger partial charge >= 0.3 is 0 Å². The quantitative estimate of drug-likeness (QED) is 0.339. The molecule has 0 spiro atoms. The number of allylic oxidation sites excluding steroid dienone is 3. The zero-order valence-corrected chi connectivity index (χ0v) is 20.3. The summed E-state index contributed by atoms with van der Waals surface area (Å²) in [4.78, 5) is 0. The number of aliphatic hydroxyl groups is 1. The maximum absolute atomic E-state index is 9.35. The van der Waals surface area contributed by atoms with Crippen LogP contribution in [0.5, 0.6) is 0 Å². The standard InChI is InChI=1S/C25H46O2Si/c1-25(2,3)28(4,5)27-24(23-16-7-6-8-17-23)18-12-11-14-21-13-9-10-15-22(21)19-20-26/h11-12,14,18,21-24,26H,6-10,13,15-17,19-20H2,1-5H3/b14-11+,18-12+/t21-,22+,24+/m0/s1. The number of rotatable bonds is 8. The van der Waals surface area contributed by atoms with Gasteiger partial charge < -0.3 is 9.53 Å². The van der Waals surface area contributed by atoms with Gasteiger partial charge in [-0.3, -0.25) is 0 Å². The molecule has 0 aromatic heterocycles. The van der Waals surface area contributed by atoms with Gasteiger partial charge in [0.25, 0.3) is 0 Å². The van der Waals surface area contributed by atoms with E-state index in [0.717, 1.165) is 6.42 Å². The molecule has 0 unspecified atom stereocenters. The molecule has 0 radical (unpaired) electrons. The van der Waals surface area contributed by atoms with Crippen LogP contribution in [0.25, 0.3) is 0 Å². The molecular weight excluding hydrogens is 360 g/mol. The van der Waals surface area contributed by atoms with Gasteiger partial charge in [-0.2, -0.15) is 0 Å². The second kappa shape index (κ2) is 11.1. The Hall–Kier alpha value is -0.383. The molecule has 0 amide bonds. The molecule has 2 aliphatic rings. The largest absolute Gasteiger partial charge is 0.410 e. The van der Waals surface area contributed by atoms with Crippen LogP contribution in [0.4, 0.5) is 0 Å². The molecule has 0 bridgehead atoms. The Bertz CT molecular complexity index is 495. The zero-order chi connectivity index (χ0) is 20.6. The van der Waals surface area contributed by atoms with Crippen molar-refractivity contribution in [1.82, 2.24) is 0 Å². The Morgan fingerprint density at radius 1 is 0.964 bits per heavy atom. The highest BCUT2D eigenvalue weighted by atomic mass is 28.4. The first kappa shape index (κ1) is 23.9. The molecule has 3 heteroatoms. The van der Waals surface area contributed by atoms with Crippen LogP contribution in [0.15, 0.2) is 24.3 Å². The van der Waals surface area contributed by atoms with Crippen molar-refractivity contribution < 1.29 is 9.53 Å². The van der Waals surface area contributed by atoms with Gasteiger partial charge in [-0.25, -0.2) is 0 Å². The summed E-state index contributed by atoms with van der Waals surface area (Å²) in [6.07, 6.45) is 22.5. The van der Waals surface area contributed by atoms with Gasteiger partial charge in [-0.1, -0.05) is 77.2 Å². The van der Waals surface area contributed by atoms with Crippen LogP contribution in [0, 0.1) is 17.8 Å². The maximum Gasteiger partial charge on any atom is 0.192 e. The smallest absolute Gasteiger partial charge is 0.192 e. The van der Waals surface area contributed by atoms with Gasteiger partial charge in [0.05, 0.1) is 6.10 Å². The van der Waals surface area contributed by atoms with E-state index in [0.29, 0.717) is 24.4 Å². The highest BCUT2D eigenvalue weighted by molar-refractivity contribution is 6.74. The molecular formula is C25H46O2Si. The fraction of sp³-hybridized carbons (Fsp3) is 0.840. The van der Waals surface area contributed by atoms with Crippen LogP contribution >= 0.6 is 0 Å². The Morgan fingerprint density at radius 3 is 2.25 bits per heavy atom. The third-order valence-electron chi connectivity index (χ3n) is 7.59. The molecule has 0 aliphatic heterocycles. The molecule has 3 atom stereocenters. The highest BCUT2D eigenvalue weighted by Gasteiger charge is 2.40. The fourth-order valence-electron chi connectivity index (χ4n) is 4.67. The van der Waals surface area contributed by atoms with Crippen LogP contribution < -0.4 is 0 Å². The molecule has 2 rings (SSSR count). The van der Waals surface area contributed by atoms with E-state index in [1.807, 2.05) is 0 Å². The van der Waals surface area contributed by atoms with Crippen molar-refractivity contribution in [1.29, 1.82) is 0 Å². The third kappa shape index (κ3) is 7.14. The van der Waals surface area contributed by atoms with E-state index < -0.39 is 8.32 Å². The van der Waals surface area contributed by atoms with E-state index in [4.69, 9.17) is 4.43 Å². The molecule has 0 aromatic carbocycles. The molecule has 2 saturated carbocycles. The maximum atomic E-state index is 9.35. The van der Waals surface area contributed by atoms with Crippen LogP contribution in [0.2, 0.25) is 18.1 Å². The highest BCUT2D eigenvalue weighted by Crippen LogP contribution is 2.40. The number of hydrogen-bond donors (Lipinski definition) is 1. The lowest BCUT2D eigenvalue weighted by Crippen LogP contribution is -2.45. The van der Waals surface area contributed by atoms with Gasteiger partial charge in [0.1, 0.15) is 0 Å². The average molecular weight is 407 g/mol.